The standard InChI is InChI=1S/C23H19Cl3F3N3O3S/c24-13-6-9(7-14(25)17(13)26)22(23(27,28)29)8-15(32-35-22)19-16-10(11-4-5-31-21(11)34)2-1-3-12(16)18(36-19)20(30)33/h6-7,10-11H,1-5,8H2,(H2,30,33)(H,31,34)/t10?,11-,22?/m1/s1. The number of alkyl halides is 3. The monoisotopic (exact) mass is 579 g/mol. The lowest BCUT2D eigenvalue weighted by molar-refractivity contribution is -0.275. The van der Waals surface area contributed by atoms with Crippen LogP contribution in [0.1, 0.15) is 62.8 Å². The van der Waals surface area contributed by atoms with Gasteiger partial charge in [-0.15, -0.1) is 11.3 Å². The van der Waals surface area contributed by atoms with Crippen LogP contribution < -0.4 is 11.1 Å². The van der Waals surface area contributed by atoms with Gasteiger partial charge in [-0.05, 0) is 54.9 Å². The Morgan fingerprint density at radius 1 is 1.19 bits per heavy atom. The Morgan fingerprint density at radius 3 is 2.47 bits per heavy atom. The van der Waals surface area contributed by atoms with Gasteiger partial charge in [0.1, 0.15) is 5.71 Å². The maximum Gasteiger partial charge on any atom is 0.435 e. The molecule has 3 atom stereocenters. The summed E-state index contributed by atoms with van der Waals surface area (Å²) in [6.07, 6.45) is -3.05. The molecule has 2 amide bonds. The van der Waals surface area contributed by atoms with Crippen LogP contribution in [0.4, 0.5) is 13.2 Å². The van der Waals surface area contributed by atoms with Gasteiger partial charge in [-0.25, -0.2) is 0 Å². The third-order valence-electron chi connectivity index (χ3n) is 7.06. The van der Waals surface area contributed by atoms with E-state index < -0.39 is 24.1 Å². The lowest BCUT2D eigenvalue weighted by Gasteiger charge is -2.30. The third-order valence-corrected chi connectivity index (χ3v) is 9.57. The molecule has 36 heavy (non-hydrogen) atoms. The van der Waals surface area contributed by atoms with Gasteiger partial charge in [-0.3, -0.25) is 9.59 Å². The topological polar surface area (TPSA) is 93.8 Å². The summed E-state index contributed by atoms with van der Waals surface area (Å²) in [6.45, 7) is 0.525. The fourth-order valence-electron chi connectivity index (χ4n) is 5.39. The van der Waals surface area contributed by atoms with E-state index in [4.69, 9.17) is 45.4 Å². The van der Waals surface area contributed by atoms with Crippen LogP contribution in [0.25, 0.3) is 0 Å². The lowest BCUT2D eigenvalue weighted by atomic mass is 9.74. The molecule has 1 aromatic carbocycles. The zero-order valence-electron chi connectivity index (χ0n) is 18.5. The van der Waals surface area contributed by atoms with E-state index in [-0.39, 0.29) is 49.0 Å². The van der Waals surface area contributed by atoms with Gasteiger partial charge in [0.2, 0.25) is 5.91 Å². The second-order valence-electron chi connectivity index (χ2n) is 9.09. The maximum atomic E-state index is 14.6. The van der Waals surface area contributed by atoms with Crippen LogP contribution in [-0.2, 0) is 21.7 Å². The minimum Gasteiger partial charge on any atom is -0.374 e. The SMILES string of the molecule is NC(=O)c1sc(C2=NOC(c3cc(Cl)c(Cl)c(Cl)c3)(C(F)(F)F)C2)c2c1CCCC2[C@H]1CCNC1=O. The number of amides is 2. The molecule has 1 saturated heterocycles. The Kier molecular flexibility index (Phi) is 6.46. The molecule has 13 heteroatoms. The molecule has 2 aromatic rings. The molecule has 3 aliphatic rings. The minimum atomic E-state index is -4.90. The highest BCUT2D eigenvalue weighted by Gasteiger charge is 2.63. The molecule has 5 rings (SSSR count). The van der Waals surface area contributed by atoms with E-state index in [0.29, 0.717) is 41.8 Å². The summed E-state index contributed by atoms with van der Waals surface area (Å²) in [5.41, 5.74) is 3.81. The lowest BCUT2D eigenvalue weighted by Crippen LogP contribution is -2.42. The zero-order chi connectivity index (χ0) is 26.0. The molecule has 192 valence electrons. The average Bonchev–Trinajstić information content (AvgIpc) is 3.53. The molecular formula is C23H19Cl3F3N3O3S. The number of carbonyl (C=O) groups excluding carboxylic acids is 2. The Hall–Kier alpha value is -2.01. The molecule has 1 aromatic heterocycles. The van der Waals surface area contributed by atoms with E-state index in [1.807, 2.05) is 0 Å². The highest BCUT2D eigenvalue weighted by Crippen LogP contribution is 2.53. The number of nitrogens with one attached hydrogen (secondary N) is 1. The molecule has 1 fully saturated rings. The normalized spacial score (nSPS) is 25.8. The molecule has 0 radical (unpaired) electrons. The van der Waals surface area contributed by atoms with Gasteiger partial charge in [0.05, 0.1) is 31.2 Å². The first kappa shape index (κ1) is 25.6. The summed E-state index contributed by atoms with van der Waals surface area (Å²) >= 11 is 19.0. The first-order valence-corrected chi connectivity index (χ1v) is 13.1. The van der Waals surface area contributed by atoms with Crippen LogP contribution in [0, 0.1) is 5.92 Å². The zero-order valence-corrected chi connectivity index (χ0v) is 21.6. The summed E-state index contributed by atoms with van der Waals surface area (Å²) in [5.74, 6) is -1.39. The van der Waals surface area contributed by atoms with Crippen LogP contribution in [0.5, 0.6) is 0 Å². The molecule has 2 unspecified atom stereocenters. The summed E-state index contributed by atoms with van der Waals surface area (Å²) in [4.78, 5) is 30.6. The van der Waals surface area contributed by atoms with Crippen molar-refractivity contribution in [2.75, 3.05) is 6.54 Å². The maximum absolute atomic E-state index is 14.6. The highest BCUT2D eigenvalue weighted by atomic mass is 35.5. The second kappa shape index (κ2) is 9.08. The number of hydrogen-bond acceptors (Lipinski definition) is 5. The molecule has 0 bridgehead atoms. The van der Waals surface area contributed by atoms with E-state index in [9.17, 15) is 22.8 Å². The van der Waals surface area contributed by atoms with E-state index in [1.165, 1.54) is 0 Å². The number of nitrogens with zero attached hydrogens (tertiary/aromatic N) is 1. The summed E-state index contributed by atoms with van der Waals surface area (Å²) < 4.78 is 43.7. The number of primary amides is 1. The van der Waals surface area contributed by atoms with Crippen molar-refractivity contribution in [1.29, 1.82) is 0 Å². The molecule has 0 spiro atoms. The van der Waals surface area contributed by atoms with Crippen molar-refractivity contribution in [3.63, 3.8) is 0 Å². The second-order valence-corrected chi connectivity index (χ2v) is 11.3. The minimum absolute atomic E-state index is 0.0218. The van der Waals surface area contributed by atoms with E-state index in [2.05, 4.69) is 10.5 Å². The molecule has 2 aliphatic heterocycles. The molecule has 1 aliphatic carbocycles. The van der Waals surface area contributed by atoms with Gasteiger partial charge < -0.3 is 15.9 Å². The summed E-state index contributed by atoms with van der Waals surface area (Å²) in [6, 6.07) is 2.12. The third kappa shape index (κ3) is 3.97. The fraction of sp³-hybridized carbons (Fsp3) is 0.435. The van der Waals surface area contributed by atoms with Crippen molar-refractivity contribution < 1.29 is 27.6 Å². The first-order valence-electron chi connectivity index (χ1n) is 11.1. The summed E-state index contributed by atoms with van der Waals surface area (Å²) in [7, 11) is 0. The van der Waals surface area contributed by atoms with Crippen molar-refractivity contribution in [2.24, 2.45) is 16.8 Å². The Bertz CT molecular complexity index is 1290. The Balaban J connectivity index is 1.62. The first-order chi connectivity index (χ1) is 16.9. The summed E-state index contributed by atoms with van der Waals surface area (Å²) in [5, 5.41) is 6.31. The number of hydrogen-bond donors (Lipinski definition) is 2. The van der Waals surface area contributed by atoms with Crippen molar-refractivity contribution in [1.82, 2.24) is 5.32 Å². The van der Waals surface area contributed by atoms with Crippen LogP contribution in [0.3, 0.4) is 0 Å². The number of nitrogens with two attached hydrogens (primary N) is 1. The van der Waals surface area contributed by atoms with E-state index in [0.717, 1.165) is 29.9 Å². The van der Waals surface area contributed by atoms with Crippen LogP contribution in [0.15, 0.2) is 17.3 Å². The van der Waals surface area contributed by atoms with Gasteiger partial charge >= 0.3 is 6.18 Å². The molecular weight excluding hydrogens is 562 g/mol. The molecule has 3 N–H and O–H groups in total. The Labute approximate surface area is 222 Å². The van der Waals surface area contributed by atoms with Crippen molar-refractivity contribution in [3.8, 4) is 0 Å². The number of carbonyl (C=O) groups is 2. The van der Waals surface area contributed by atoms with Crippen LogP contribution in [0.2, 0.25) is 15.1 Å². The van der Waals surface area contributed by atoms with Gasteiger partial charge in [-0.2, -0.15) is 13.2 Å². The van der Waals surface area contributed by atoms with Crippen LogP contribution >= 0.6 is 46.1 Å². The van der Waals surface area contributed by atoms with Crippen molar-refractivity contribution in [3.05, 3.63) is 53.6 Å². The van der Waals surface area contributed by atoms with E-state index >= 15 is 0 Å². The van der Waals surface area contributed by atoms with Gasteiger partial charge in [0.15, 0.2) is 0 Å². The molecule has 0 saturated carbocycles. The number of rotatable bonds is 4. The predicted molar refractivity (Wildman–Crippen MR) is 131 cm³/mol. The number of thiophene rings is 1. The highest BCUT2D eigenvalue weighted by molar-refractivity contribution is 7.16. The average molecular weight is 581 g/mol. The fourth-order valence-corrected chi connectivity index (χ4v) is 7.24. The van der Waals surface area contributed by atoms with Crippen molar-refractivity contribution in [2.45, 2.75) is 49.8 Å². The number of fused-ring (bicyclic) bond motifs is 1. The molecule has 3 heterocycles. The number of oxime groups is 1. The quantitative estimate of drug-likeness (QED) is 0.438. The van der Waals surface area contributed by atoms with Gasteiger partial charge in [0, 0.05) is 18.0 Å². The number of benzene rings is 1. The predicted octanol–water partition coefficient (Wildman–Crippen LogP) is 5.95. The van der Waals surface area contributed by atoms with E-state index in [1.54, 1.807) is 0 Å². The number of halogens is 6. The van der Waals surface area contributed by atoms with Gasteiger partial charge in [-0.1, -0.05) is 40.0 Å². The Morgan fingerprint density at radius 2 is 1.89 bits per heavy atom. The largest absolute Gasteiger partial charge is 0.435 e. The molecule has 6 nitrogen and oxygen atoms in total. The van der Waals surface area contributed by atoms with Gasteiger partial charge in [0.25, 0.3) is 11.5 Å². The smallest absolute Gasteiger partial charge is 0.374 e. The van der Waals surface area contributed by atoms with Crippen LogP contribution in [-0.4, -0.2) is 30.2 Å². The van der Waals surface area contributed by atoms with Crippen molar-refractivity contribution >= 4 is 63.7 Å².